The summed E-state index contributed by atoms with van der Waals surface area (Å²) in [5, 5.41) is 0. The first-order valence-electron chi connectivity index (χ1n) is 10.6. The minimum absolute atomic E-state index is 0.227. The van der Waals surface area contributed by atoms with E-state index in [4.69, 9.17) is 9.47 Å². The molecule has 28 heavy (non-hydrogen) atoms. The van der Waals surface area contributed by atoms with Crippen LogP contribution in [0.5, 0.6) is 5.75 Å². The van der Waals surface area contributed by atoms with E-state index in [0.29, 0.717) is 43.7 Å². The Hall–Kier alpha value is -1.68. The fourth-order valence-electron chi connectivity index (χ4n) is 4.98. The second-order valence-electron chi connectivity index (χ2n) is 8.67. The van der Waals surface area contributed by atoms with Crippen LogP contribution in [0.25, 0.3) is 0 Å². The number of benzene rings is 1. The Bertz CT molecular complexity index is 668. The predicted molar refractivity (Wildman–Crippen MR) is 109 cm³/mol. The third-order valence-electron chi connectivity index (χ3n) is 7.06. The number of hydrogen-bond donors (Lipinski definition) is 0. The topological polar surface area (TPSA) is 35.5 Å². The number of fused-ring (bicyclic) bond motifs is 3. The van der Waals surface area contributed by atoms with Gasteiger partial charge < -0.3 is 9.47 Å². The van der Waals surface area contributed by atoms with Crippen LogP contribution in [0.4, 0.5) is 4.39 Å². The number of halogens is 1. The number of methoxy groups -OCH3 is 1. The van der Waals surface area contributed by atoms with Crippen LogP contribution in [0.1, 0.15) is 70.3 Å². The number of Topliss-reactive ketones (excluding diaryl/α,β-unsaturated/α-hetero) is 1. The lowest BCUT2D eigenvalue weighted by atomic mass is 9.51. The smallest absolute Gasteiger partial charge is 0.135 e. The van der Waals surface area contributed by atoms with Crippen LogP contribution >= 0.6 is 0 Å². The summed E-state index contributed by atoms with van der Waals surface area (Å²) < 4.78 is 23.4. The van der Waals surface area contributed by atoms with E-state index < -0.39 is 0 Å². The number of hydrogen-bond acceptors (Lipinski definition) is 3. The van der Waals surface area contributed by atoms with Crippen LogP contribution in [0.15, 0.2) is 36.2 Å². The molecule has 3 nitrogen and oxygen atoms in total. The number of rotatable bonds is 10. The quantitative estimate of drug-likeness (QED) is 0.499. The Morgan fingerprint density at radius 3 is 2.29 bits per heavy atom. The zero-order valence-electron chi connectivity index (χ0n) is 17.3. The van der Waals surface area contributed by atoms with Gasteiger partial charge in [0.2, 0.25) is 0 Å². The number of carbonyl (C=O) groups excluding carboxylic acids is 1. The maximum absolute atomic E-state index is 12.7. The van der Waals surface area contributed by atoms with Gasteiger partial charge in [0.25, 0.3) is 0 Å². The summed E-state index contributed by atoms with van der Waals surface area (Å²) in [4.78, 5) is 12.3. The Kier molecular flexibility index (Phi) is 6.92. The van der Waals surface area contributed by atoms with Crippen molar-refractivity contribution in [3.8, 4) is 5.75 Å². The van der Waals surface area contributed by atoms with Crippen molar-refractivity contribution in [2.75, 3.05) is 20.3 Å². The maximum atomic E-state index is 12.7. The molecule has 4 heteroatoms. The summed E-state index contributed by atoms with van der Waals surface area (Å²) in [5.74, 6) is 1.14. The molecule has 0 N–H and O–H groups in total. The van der Waals surface area contributed by atoms with Crippen molar-refractivity contribution in [1.82, 2.24) is 0 Å². The van der Waals surface area contributed by atoms with Gasteiger partial charge in [-0.15, -0.1) is 0 Å². The van der Waals surface area contributed by atoms with Crippen molar-refractivity contribution in [3.05, 3.63) is 41.7 Å². The van der Waals surface area contributed by atoms with Crippen LogP contribution in [-0.4, -0.2) is 26.1 Å². The Labute approximate surface area is 168 Å². The molecule has 3 fully saturated rings. The molecule has 0 heterocycles. The molecule has 0 radical (unpaired) electrons. The van der Waals surface area contributed by atoms with Crippen LogP contribution in [0.3, 0.4) is 0 Å². The van der Waals surface area contributed by atoms with Gasteiger partial charge >= 0.3 is 0 Å². The molecule has 0 unspecified atom stereocenters. The summed E-state index contributed by atoms with van der Waals surface area (Å²) in [6.45, 7) is 2.76. The van der Waals surface area contributed by atoms with Gasteiger partial charge in [0.1, 0.15) is 18.1 Å². The molecular weight excluding hydrogens is 355 g/mol. The number of ether oxygens (including phenoxy) is 2. The van der Waals surface area contributed by atoms with Gasteiger partial charge in [-0.3, -0.25) is 4.79 Å². The number of carbonyl (C=O) groups is 1. The molecule has 154 valence electrons. The normalized spacial score (nSPS) is 27.0. The van der Waals surface area contributed by atoms with Crippen LogP contribution in [0, 0.1) is 5.41 Å². The predicted octanol–water partition coefficient (Wildman–Crippen LogP) is 5.92. The van der Waals surface area contributed by atoms with Gasteiger partial charge in [0.15, 0.2) is 0 Å². The van der Waals surface area contributed by atoms with E-state index in [0.717, 1.165) is 50.7 Å². The molecule has 0 saturated heterocycles. The highest BCUT2D eigenvalue weighted by Gasteiger charge is 2.49. The van der Waals surface area contributed by atoms with Crippen molar-refractivity contribution in [3.63, 3.8) is 0 Å². The number of ketones is 1. The van der Waals surface area contributed by atoms with Crippen LogP contribution in [-0.2, 0) is 14.9 Å². The Balaban J connectivity index is 1.58. The van der Waals surface area contributed by atoms with Crippen LogP contribution in [0.2, 0.25) is 0 Å². The SMILES string of the molecule is CC/C(=C\F)COc1ccc(C23CCC(CC(=O)CCOC)(CC2)CC3)cc1. The van der Waals surface area contributed by atoms with E-state index in [1.54, 1.807) is 7.11 Å². The molecule has 1 aromatic carbocycles. The van der Waals surface area contributed by atoms with Gasteiger partial charge in [-0.2, -0.15) is 0 Å². The van der Waals surface area contributed by atoms with Gasteiger partial charge in [-0.1, -0.05) is 19.1 Å². The summed E-state index contributed by atoms with van der Waals surface area (Å²) >= 11 is 0. The molecule has 4 rings (SSSR count). The third kappa shape index (κ3) is 4.65. The highest BCUT2D eigenvalue weighted by molar-refractivity contribution is 5.79. The van der Waals surface area contributed by atoms with E-state index in [9.17, 15) is 9.18 Å². The van der Waals surface area contributed by atoms with Crippen molar-refractivity contribution in [1.29, 1.82) is 0 Å². The zero-order valence-corrected chi connectivity index (χ0v) is 17.3. The first-order valence-corrected chi connectivity index (χ1v) is 10.6. The second kappa shape index (κ2) is 9.21. The molecule has 3 aliphatic carbocycles. The molecule has 0 atom stereocenters. The molecular formula is C24H33FO3. The summed E-state index contributed by atoms with van der Waals surface area (Å²) in [6, 6.07) is 8.39. The molecule has 3 saturated carbocycles. The maximum Gasteiger partial charge on any atom is 0.135 e. The lowest BCUT2D eigenvalue weighted by molar-refractivity contribution is -0.124. The summed E-state index contributed by atoms with van der Waals surface area (Å²) in [6.07, 6.45) is 9.49. The van der Waals surface area contributed by atoms with Crippen LogP contribution < -0.4 is 4.74 Å². The fourth-order valence-corrected chi connectivity index (χ4v) is 4.98. The van der Waals surface area contributed by atoms with E-state index in [1.807, 2.05) is 19.1 Å². The highest BCUT2D eigenvalue weighted by atomic mass is 19.1. The summed E-state index contributed by atoms with van der Waals surface area (Å²) in [7, 11) is 1.65. The second-order valence-corrected chi connectivity index (χ2v) is 8.67. The highest BCUT2D eigenvalue weighted by Crippen LogP contribution is 2.59. The monoisotopic (exact) mass is 388 g/mol. The average molecular weight is 389 g/mol. The lowest BCUT2D eigenvalue weighted by Crippen LogP contribution is -2.45. The van der Waals surface area contributed by atoms with Crippen molar-refractivity contribution < 1.29 is 18.7 Å². The average Bonchev–Trinajstić information content (AvgIpc) is 2.74. The molecule has 0 aliphatic heterocycles. The van der Waals surface area contributed by atoms with Gasteiger partial charge in [-0.05, 0) is 79.0 Å². The molecule has 2 bridgehead atoms. The minimum Gasteiger partial charge on any atom is -0.489 e. The van der Waals surface area contributed by atoms with E-state index in [1.165, 1.54) is 5.56 Å². The van der Waals surface area contributed by atoms with E-state index >= 15 is 0 Å². The standard InChI is InChI=1S/C24H33FO3/c1-3-19(17-25)18-28-22-6-4-20(5-7-22)24-12-9-23(10-13-24,11-14-24)16-21(26)8-15-27-2/h4-7,17H,3,8-16,18H2,1-2H3/b19-17+. The first kappa shape index (κ1) is 21.0. The molecule has 0 aromatic heterocycles. The zero-order chi connectivity index (χ0) is 20.0. The fraction of sp³-hybridized carbons (Fsp3) is 0.625. The van der Waals surface area contributed by atoms with Gasteiger partial charge in [-0.25, -0.2) is 4.39 Å². The molecule has 1 aromatic rings. The Morgan fingerprint density at radius 1 is 1.11 bits per heavy atom. The van der Waals surface area contributed by atoms with Crippen molar-refractivity contribution >= 4 is 5.78 Å². The van der Waals surface area contributed by atoms with Gasteiger partial charge in [0.05, 0.1) is 12.9 Å². The molecule has 3 aliphatic rings. The van der Waals surface area contributed by atoms with E-state index in [2.05, 4.69) is 12.1 Å². The molecule has 0 spiro atoms. The van der Waals surface area contributed by atoms with Crippen molar-refractivity contribution in [2.24, 2.45) is 5.41 Å². The third-order valence-corrected chi connectivity index (χ3v) is 7.06. The van der Waals surface area contributed by atoms with Gasteiger partial charge in [0, 0.05) is 20.0 Å². The molecule has 0 amide bonds. The minimum atomic E-state index is 0.227. The summed E-state index contributed by atoms with van der Waals surface area (Å²) in [5.41, 5.74) is 2.53. The lowest BCUT2D eigenvalue weighted by Gasteiger charge is -2.54. The van der Waals surface area contributed by atoms with E-state index in [-0.39, 0.29) is 10.8 Å². The largest absolute Gasteiger partial charge is 0.489 e. The first-order chi connectivity index (χ1) is 13.5. The Morgan fingerprint density at radius 2 is 1.75 bits per heavy atom. The van der Waals surface area contributed by atoms with Crippen molar-refractivity contribution in [2.45, 2.75) is 70.1 Å².